The lowest BCUT2D eigenvalue weighted by molar-refractivity contribution is 0.399. The summed E-state index contributed by atoms with van der Waals surface area (Å²) in [6.45, 7) is 7.10. The van der Waals surface area contributed by atoms with E-state index in [9.17, 15) is 0 Å². The third-order valence-corrected chi connectivity index (χ3v) is 5.71. The highest BCUT2D eigenvalue weighted by Gasteiger charge is 2.15. The molecule has 158 valence electrons. The summed E-state index contributed by atoms with van der Waals surface area (Å²) in [4.78, 5) is 13.8. The SMILES string of the molecule is CCC.COc1ncccc1-c1cc2cn(Cc3nc4ccc(C)cc4s3)ccc-2n1. The molecule has 0 spiro atoms. The molecule has 2 aromatic heterocycles. The quantitative estimate of drug-likeness (QED) is 0.329. The number of benzene rings is 1. The maximum absolute atomic E-state index is 5.37. The monoisotopic (exact) mass is 430 g/mol. The molecule has 0 radical (unpaired) electrons. The fourth-order valence-electron chi connectivity index (χ4n) is 3.36. The lowest BCUT2D eigenvalue weighted by Crippen LogP contribution is -1.99. The number of aromatic nitrogens is 4. The molecule has 0 aliphatic carbocycles. The summed E-state index contributed by atoms with van der Waals surface area (Å²) in [7, 11) is 1.63. The Morgan fingerprint density at radius 1 is 1.03 bits per heavy atom. The third kappa shape index (κ3) is 4.59. The van der Waals surface area contributed by atoms with E-state index in [2.05, 4.69) is 67.0 Å². The van der Waals surface area contributed by atoms with E-state index in [1.54, 1.807) is 24.6 Å². The minimum absolute atomic E-state index is 0.586. The summed E-state index contributed by atoms with van der Waals surface area (Å²) in [6.07, 6.45) is 7.14. The summed E-state index contributed by atoms with van der Waals surface area (Å²) in [6, 6.07) is 14.4. The van der Waals surface area contributed by atoms with Gasteiger partial charge in [-0.1, -0.05) is 26.3 Å². The first kappa shape index (κ1) is 21.0. The molecule has 0 unspecified atom stereocenters. The van der Waals surface area contributed by atoms with Crippen LogP contribution >= 0.6 is 11.3 Å². The molecule has 4 heterocycles. The molecule has 31 heavy (non-hydrogen) atoms. The number of pyridine rings is 2. The highest BCUT2D eigenvalue weighted by atomic mass is 32.1. The Morgan fingerprint density at radius 2 is 1.87 bits per heavy atom. The van der Waals surface area contributed by atoms with Crippen molar-refractivity contribution in [3.05, 3.63) is 71.6 Å². The largest absolute Gasteiger partial charge is 0.481 e. The molecule has 6 heteroatoms. The maximum atomic E-state index is 5.37. The number of fused-ring (bicyclic) bond motifs is 2. The molecular weight excluding hydrogens is 404 g/mol. The van der Waals surface area contributed by atoms with E-state index in [1.807, 2.05) is 18.2 Å². The molecule has 0 saturated heterocycles. The minimum Gasteiger partial charge on any atom is -0.481 e. The van der Waals surface area contributed by atoms with Crippen LogP contribution in [0.25, 0.3) is 32.7 Å². The molecule has 0 bridgehead atoms. The molecule has 5 rings (SSSR count). The van der Waals surface area contributed by atoms with Crippen molar-refractivity contribution in [1.29, 1.82) is 0 Å². The molecule has 0 N–H and O–H groups in total. The van der Waals surface area contributed by atoms with Crippen LogP contribution in [-0.2, 0) is 6.54 Å². The van der Waals surface area contributed by atoms with Gasteiger partial charge < -0.3 is 9.30 Å². The van der Waals surface area contributed by atoms with Crippen molar-refractivity contribution in [2.45, 2.75) is 33.7 Å². The zero-order chi connectivity index (χ0) is 21.8. The Morgan fingerprint density at radius 3 is 2.68 bits per heavy atom. The Bertz CT molecular complexity index is 1270. The van der Waals surface area contributed by atoms with E-state index in [-0.39, 0.29) is 0 Å². The van der Waals surface area contributed by atoms with Crippen molar-refractivity contribution < 1.29 is 4.74 Å². The van der Waals surface area contributed by atoms with Gasteiger partial charge in [-0.25, -0.2) is 15.0 Å². The van der Waals surface area contributed by atoms with Gasteiger partial charge >= 0.3 is 0 Å². The molecule has 5 nitrogen and oxygen atoms in total. The van der Waals surface area contributed by atoms with Gasteiger partial charge in [-0.15, -0.1) is 11.3 Å². The molecule has 0 saturated carbocycles. The second-order valence-corrected chi connectivity index (χ2v) is 8.56. The van der Waals surface area contributed by atoms with Gasteiger partial charge in [0, 0.05) is 24.2 Å². The highest BCUT2D eigenvalue weighted by molar-refractivity contribution is 7.18. The van der Waals surface area contributed by atoms with Crippen LogP contribution in [0.5, 0.6) is 5.88 Å². The number of hydrogen-bond acceptors (Lipinski definition) is 5. The standard InChI is InChI=1S/C22H18N4OS.C3H8/c1-14-5-6-18-20(10-14)28-21(25-18)13-26-9-7-17-15(12-26)11-19(24-17)16-4-3-8-23-22(16)27-2;1-3-2/h3-12H,13H2,1-2H3;3H2,1-2H3. The van der Waals surface area contributed by atoms with Crippen LogP contribution in [0.1, 0.15) is 30.8 Å². The van der Waals surface area contributed by atoms with E-state index >= 15 is 0 Å². The van der Waals surface area contributed by atoms with Gasteiger partial charge in [0.05, 0.1) is 40.8 Å². The van der Waals surface area contributed by atoms with Gasteiger partial charge in [-0.05, 0) is 48.9 Å². The van der Waals surface area contributed by atoms with Gasteiger partial charge in [0.25, 0.3) is 0 Å². The number of hydrogen-bond donors (Lipinski definition) is 0. The second-order valence-electron chi connectivity index (χ2n) is 7.45. The van der Waals surface area contributed by atoms with Gasteiger partial charge in [0.15, 0.2) is 0 Å². The first-order valence-corrected chi connectivity index (χ1v) is 11.2. The van der Waals surface area contributed by atoms with Gasteiger partial charge in [-0.3, -0.25) is 0 Å². The van der Waals surface area contributed by atoms with Crippen LogP contribution < -0.4 is 4.74 Å². The van der Waals surface area contributed by atoms with Crippen LogP contribution in [0, 0.1) is 6.92 Å². The molecule has 0 fully saturated rings. The minimum atomic E-state index is 0.586. The van der Waals surface area contributed by atoms with E-state index in [4.69, 9.17) is 14.7 Å². The predicted molar refractivity (Wildman–Crippen MR) is 128 cm³/mol. The van der Waals surface area contributed by atoms with Crippen molar-refractivity contribution in [3.63, 3.8) is 0 Å². The third-order valence-electron chi connectivity index (χ3n) is 4.70. The Balaban J connectivity index is 0.000000730. The lowest BCUT2D eigenvalue weighted by atomic mass is 10.2. The maximum Gasteiger partial charge on any atom is 0.222 e. The summed E-state index contributed by atoms with van der Waals surface area (Å²) in [5.74, 6) is 0.586. The summed E-state index contributed by atoms with van der Waals surface area (Å²) in [5, 5.41) is 1.10. The van der Waals surface area contributed by atoms with Crippen LogP contribution in [-0.4, -0.2) is 26.6 Å². The van der Waals surface area contributed by atoms with Crippen LogP contribution in [0.4, 0.5) is 0 Å². The van der Waals surface area contributed by atoms with Crippen LogP contribution in [0.3, 0.4) is 0 Å². The Hall–Kier alpha value is -3.25. The highest BCUT2D eigenvalue weighted by Crippen LogP contribution is 2.33. The molecule has 2 aliphatic rings. The summed E-state index contributed by atoms with van der Waals surface area (Å²) < 4.78 is 8.76. The zero-order valence-corrected chi connectivity index (χ0v) is 19.1. The van der Waals surface area contributed by atoms with Crippen molar-refractivity contribution in [2.75, 3.05) is 7.11 Å². The second kappa shape index (κ2) is 9.27. The van der Waals surface area contributed by atoms with E-state index in [1.165, 1.54) is 16.7 Å². The Kier molecular flexibility index (Phi) is 6.28. The van der Waals surface area contributed by atoms with Crippen molar-refractivity contribution in [1.82, 2.24) is 19.5 Å². The zero-order valence-electron chi connectivity index (χ0n) is 18.3. The van der Waals surface area contributed by atoms with E-state index in [0.717, 1.165) is 39.6 Å². The first-order chi connectivity index (χ1) is 15.1. The summed E-state index contributed by atoms with van der Waals surface area (Å²) in [5.41, 5.74) is 6.13. The van der Waals surface area contributed by atoms with Crippen LogP contribution in [0.15, 0.2) is 61.1 Å². The molecule has 0 amide bonds. The van der Waals surface area contributed by atoms with Crippen molar-refractivity contribution >= 4 is 21.6 Å². The fraction of sp³-hybridized carbons (Fsp3) is 0.240. The average Bonchev–Trinajstić information content (AvgIpc) is 3.37. The smallest absolute Gasteiger partial charge is 0.222 e. The normalized spacial score (nSPS) is 10.8. The number of ether oxygens (including phenoxy) is 1. The number of methoxy groups -OCH3 is 1. The number of thiazole rings is 1. The van der Waals surface area contributed by atoms with Crippen molar-refractivity contribution in [3.8, 4) is 28.4 Å². The molecular formula is C25H26N4OS. The Labute approximate surface area is 186 Å². The molecule has 2 aliphatic heterocycles. The number of aryl methyl sites for hydroxylation is 1. The topological polar surface area (TPSA) is 52.8 Å². The van der Waals surface area contributed by atoms with E-state index in [0.29, 0.717) is 5.88 Å². The predicted octanol–water partition coefficient (Wildman–Crippen LogP) is 6.44. The number of rotatable bonds is 4. The molecule has 0 atom stereocenters. The number of nitrogens with zero attached hydrogens (tertiary/aromatic N) is 4. The molecule has 3 aromatic rings. The van der Waals surface area contributed by atoms with Gasteiger partial charge in [-0.2, -0.15) is 0 Å². The van der Waals surface area contributed by atoms with E-state index < -0.39 is 0 Å². The van der Waals surface area contributed by atoms with Gasteiger partial charge in [0.1, 0.15) is 5.01 Å². The molecule has 1 aromatic carbocycles. The summed E-state index contributed by atoms with van der Waals surface area (Å²) >= 11 is 1.75. The van der Waals surface area contributed by atoms with Gasteiger partial charge in [0.2, 0.25) is 5.88 Å². The average molecular weight is 431 g/mol. The van der Waals surface area contributed by atoms with Crippen molar-refractivity contribution in [2.24, 2.45) is 0 Å². The van der Waals surface area contributed by atoms with Crippen LogP contribution in [0.2, 0.25) is 0 Å². The lowest BCUT2D eigenvalue weighted by Gasteiger charge is -2.06. The first-order valence-electron chi connectivity index (χ1n) is 10.4. The fourth-order valence-corrected chi connectivity index (χ4v) is 4.44.